The lowest BCUT2D eigenvalue weighted by Gasteiger charge is -2.34. The molecule has 0 aromatic heterocycles. The zero-order valence-electron chi connectivity index (χ0n) is 16.8. The second kappa shape index (κ2) is 6.94. The highest BCUT2D eigenvalue weighted by atomic mass is 32.2. The first-order valence-electron chi connectivity index (χ1n) is 10.2. The zero-order valence-corrected chi connectivity index (χ0v) is 17.6. The van der Waals surface area contributed by atoms with Crippen LogP contribution in [0.3, 0.4) is 0 Å². The summed E-state index contributed by atoms with van der Waals surface area (Å²) in [7, 11) is 0. The molecule has 5 nitrogen and oxygen atoms in total. The lowest BCUT2D eigenvalue weighted by Crippen LogP contribution is -2.55. The van der Waals surface area contributed by atoms with Gasteiger partial charge in [-0.1, -0.05) is 19.3 Å². The number of likely N-dealkylation sites (N-methyl/N-ethyl adjacent to an activating group) is 1. The Morgan fingerprint density at radius 2 is 2.00 bits per heavy atom. The van der Waals surface area contributed by atoms with Gasteiger partial charge in [0.05, 0.1) is 5.69 Å². The summed E-state index contributed by atoms with van der Waals surface area (Å²) >= 11 is 1.46. The van der Waals surface area contributed by atoms with Gasteiger partial charge in [-0.3, -0.25) is 9.69 Å². The highest BCUT2D eigenvalue weighted by molar-refractivity contribution is 8.02. The second-order valence-corrected chi connectivity index (χ2v) is 10.5. The van der Waals surface area contributed by atoms with E-state index in [9.17, 15) is 14.0 Å². The molecule has 3 amide bonds. The summed E-state index contributed by atoms with van der Waals surface area (Å²) in [6, 6.07) is 4.40. The molecule has 2 aliphatic heterocycles. The molecule has 1 atom stereocenters. The minimum Gasteiger partial charge on any atom is -0.335 e. The number of carbonyl (C=O) groups excluding carboxylic acids is 2. The summed E-state index contributed by atoms with van der Waals surface area (Å²) in [6.45, 7) is 6.90. The highest BCUT2D eigenvalue weighted by Crippen LogP contribution is 2.59. The number of hydrogen-bond donors (Lipinski definition) is 1. The van der Waals surface area contributed by atoms with E-state index < -0.39 is 4.87 Å². The van der Waals surface area contributed by atoms with Gasteiger partial charge in [-0.05, 0) is 51.8 Å². The van der Waals surface area contributed by atoms with E-state index in [-0.39, 0.29) is 28.5 Å². The summed E-state index contributed by atoms with van der Waals surface area (Å²) in [5, 5.41) is 3.16. The van der Waals surface area contributed by atoms with Crippen LogP contribution < -0.4 is 10.2 Å². The third kappa shape index (κ3) is 2.98. The topological polar surface area (TPSA) is 52.7 Å². The quantitative estimate of drug-likeness (QED) is 0.802. The van der Waals surface area contributed by atoms with Crippen molar-refractivity contribution in [1.82, 2.24) is 10.2 Å². The van der Waals surface area contributed by atoms with Crippen LogP contribution in [0, 0.1) is 5.82 Å². The molecule has 1 aliphatic carbocycles. The first-order chi connectivity index (χ1) is 13.3. The molecule has 2 heterocycles. The number of nitrogens with zero attached hydrogens (tertiary/aromatic N) is 2. The summed E-state index contributed by atoms with van der Waals surface area (Å²) in [5.41, 5.74) is 1.29. The Morgan fingerprint density at radius 1 is 1.29 bits per heavy atom. The molecule has 3 aliphatic rings. The van der Waals surface area contributed by atoms with Crippen molar-refractivity contribution in [3.63, 3.8) is 0 Å². The van der Waals surface area contributed by atoms with Gasteiger partial charge in [-0.2, -0.15) is 0 Å². The molecule has 0 bridgehead atoms. The zero-order chi connectivity index (χ0) is 20.1. The van der Waals surface area contributed by atoms with Crippen LogP contribution in [-0.4, -0.2) is 40.7 Å². The van der Waals surface area contributed by atoms with Gasteiger partial charge >= 0.3 is 6.03 Å². The number of benzene rings is 1. The molecule has 1 aromatic carbocycles. The maximum Gasteiger partial charge on any atom is 0.319 e. The molecular weight excluding hydrogens is 377 g/mol. The van der Waals surface area contributed by atoms with Crippen LogP contribution in [0.5, 0.6) is 0 Å². The SMILES string of the molecule is CCN1C(=O)C2(SC(C)(C)CN2C(=O)NC2CCCCC2)c2cc(F)ccc21. The van der Waals surface area contributed by atoms with E-state index >= 15 is 0 Å². The van der Waals surface area contributed by atoms with Gasteiger partial charge in [-0.15, -0.1) is 11.8 Å². The molecule has 1 spiro atoms. The van der Waals surface area contributed by atoms with E-state index in [4.69, 9.17) is 0 Å². The maximum atomic E-state index is 14.2. The third-order valence-corrected chi connectivity index (χ3v) is 7.58. The molecule has 0 radical (unpaired) electrons. The smallest absolute Gasteiger partial charge is 0.319 e. The van der Waals surface area contributed by atoms with E-state index in [1.165, 1.54) is 30.3 Å². The molecule has 1 N–H and O–H groups in total. The van der Waals surface area contributed by atoms with Crippen molar-refractivity contribution in [1.29, 1.82) is 0 Å². The van der Waals surface area contributed by atoms with Crippen molar-refractivity contribution in [2.75, 3.05) is 18.0 Å². The Bertz CT molecular complexity index is 809. The normalized spacial score (nSPS) is 26.8. The highest BCUT2D eigenvalue weighted by Gasteiger charge is 2.63. The van der Waals surface area contributed by atoms with Crippen molar-refractivity contribution in [2.24, 2.45) is 0 Å². The molecule has 28 heavy (non-hydrogen) atoms. The van der Waals surface area contributed by atoms with Crippen molar-refractivity contribution in [3.8, 4) is 0 Å². The van der Waals surface area contributed by atoms with Gasteiger partial charge in [0.1, 0.15) is 5.82 Å². The van der Waals surface area contributed by atoms with Gasteiger partial charge in [-0.25, -0.2) is 9.18 Å². The van der Waals surface area contributed by atoms with Gasteiger partial charge in [0.15, 0.2) is 4.87 Å². The minimum atomic E-state index is -1.20. The Morgan fingerprint density at radius 3 is 2.68 bits per heavy atom. The van der Waals surface area contributed by atoms with Crippen LogP contribution in [0.1, 0.15) is 58.4 Å². The van der Waals surface area contributed by atoms with Crippen molar-refractivity contribution in [2.45, 2.75) is 68.5 Å². The fourth-order valence-electron chi connectivity index (χ4n) is 4.79. The number of thioether (sulfide) groups is 1. The van der Waals surface area contributed by atoms with Gasteiger partial charge in [0, 0.05) is 29.4 Å². The molecule has 4 rings (SSSR count). The number of anilines is 1. The molecule has 152 valence electrons. The molecular formula is C21H28FN3O2S. The van der Waals surface area contributed by atoms with E-state index in [0.29, 0.717) is 24.3 Å². The maximum absolute atomic E-state index is 14.2. The van der Waals surface area contributed by atoms with Crippen molar-refractivity contribution < 1.29 is 14.0 Å². The Hall–Kier alpha value is -1.76. The number of amides is 3. The number of halogens is 1. The molecule has 7 heteroatoms. The van der Waals surface area contributed by atoms with Crippen LogP contribution >= 0.6 is 11.8 Å². The number of rotatable bonds is 2. The number of fused-ring (bicyclic) bond motifs is 2. The summed E-state index contributed by atoms with van der Waals surface area (Å²) in [4.78, 5) is 29.0. The van der Waals surface area contributed by atoms with Crippen LogP contribution in [0.25, 0.3) is 0 Å². The lowest BCUT2D eigenvalue weighted by molar-refractivity contribution is -0.123. The van der Waals surface area contributed by atoms with Crippen LogP contribution in [-0.2, 0) is 9.67 Å². The fraction of sp³-hybridized carbons (Fsp3) is 0.619. The number of urea groups is 1. The van der Waals surface area contributed by atoms with E-state index in [1.807, 2.05) is 20.8 Å². The second-order valence-electron chi connectivity index (χ2n) is 8.59. The average Bonchev–Trinajstić information content (AvgIpc) is 3.07. The van der Waals surface area contributed by atoms with Crippen LogP contribution in [0.15, 0.2) is 18.2 Å². The fourth-order valence-corrected chi connectivity index (χ4v) is 6.51. The van der Waals surface area contributed by atoms with Gasteiger partial charge in [0.2, 0.25) is 0 Å². The predicted molar refractivity (Wildman–Crippen MR) is 110 cm³/mol. The van der Waals surface area contributed by atoms with Gasteiger partial charge in [0.25, 0.3) is 5.91 Å². The first-order valence-corrected chi connectivity index (χ1v) is 11.0. The standard InChI is InChI=1S/C21H28FN3O2S/c1-4-24-17-11-10-14(22)12-16(17)21(18(24)26)25(13-20(2,3)28-21)19(27)23-15-8-6-5-7-9-15/h10-12,15H,4-9,13H2,1-3H3,(H,23,27). The predicted octanol–water partition coefficient (Wildman–Crippen LogP) is 4.21. The Labute approximate surface area is 170 Å². The van der Waals surface area contributed by atoms with Crippen LogP contribution in [0.4, 0.5) is 14.9 Å². The van der Waals surface area contributed by atoms with E-state index in [0.717, 1.165) is 25.7 Å². The third-order valence-electron chi connectivity index (χ3n) is 5.99. The minimum absolute atomic E-state index is 0.148. The summed E-state index contributed by atoms with van der Waals surface area (Å²) in [6.07, 6.45) is 5.39. The Kier molecular flexibility index (Phi) is 4.84. The summed E-state index contributed by atoms with van der Waals surface area (Å²) < 4.78 is 13.9. The monoisotopic (exact) mass is 405 g/mol. The van der Waals surface area contributed by atoms with E-state index in [2.05, 4.69) is 5.32 Å². The van der Waals surface area contributed by atoms with Crippen LogP contribution in [0.2, 0.25) is 0 Å². The van der Waals surface area contributed by atoms with Crippen molar-refractivity contribution in [3.05, 3.63) is 29.6 Å². The van der Waals surface area contributed by atoms with Gasteiger partial charge < -0.3 is 10.2 Å². The average molecular weight is 406 g/mol. The van der Waals surface area contributed by atoms with E-state index in [1.54, 1.807) is 15.9 Å². The first kappa shape index (κ1) is 19.6. The number of carbonyl (C=O) groups is 2. The largest absolute Gasteiger partial charge is 0.335 e. The Balaban J connectivity index is 1.75. The number of hydrogen-bond acceptors (Lipinski definition) is 3. The van der Waals surface area contributed by atoms with Crippen molar-refractivity contribution >= 4 is 29.4 Å². The lowest BCUT2D eigenvalue weighted by atomic mass is 9.95. The number of nitrogens with one attached hydrogen (secondary N) is 1. The molecule has 2 fully saturated rings. The molecule has 1 saturated carbocycles. The summed E-state index contributed by atoms with van der Waals surface area (Å²) in [5.74, 6) is -0.535. The molecule has 1 unspecified atom stereocenters. The molecule has 1 aromatic rings. The molecule has 1 saturated heterocycles.